The van der Waals surface area contributed by atoms with Gasteiger partial charge in [-0.3, -0.25) is 4.98 Å². The van der Waals surface area contributed by atoms with Crippen LogP contribution in [0.3, 0.4) is 0 Å². The summed E-state index contributed by atoms with van der Waals surface area (Å²) in [7, 11) is -3.84. The van der Waals surface area contributed by atoms with Gasteiger partial charge in [-0.15, -0.1) is 0 Å². The molecule has 7 heteroatoms. The Morgan fingerprint density at radius 3 is 2.93 bits per heavy atom. The summed E-state index contributed by atoms with van der Waals surface area (Å²) >= 11 is 0. The molecule has 0 saturated carbocycles. The zero-order valence-corrected chi connectivity index (χ0v) is 8.46. The third-order valence-corrected chi connectivity index (χ3v) is 3.08. The number of sulfonamides is 1. The van der Waals surface area contributed by atoms with Crippen LogP contribution in [0, 0.1) is 11.3 Å². The minimum atomic E-state index is -3.84. The lowest BCUT2D eigenvalue weighted by Gasteiger charge is -2.05. The Kier molecular flexibility index (Phi) is 3.71. The highest BCUT2D eigenvalue weighted by molar-refractivity contribution is 7.89. The first kappa shape index (κ1) is 11.6. The van der Waals surface area contributed by atoms with Crippen LogP contribution in [0.2, 0.25) is 0 Å². The molecule has 0 aliphatic heterocycles. The lowest BCUT2D eigenvalue weighted by atomic mass is 10.4. The molecule has 1 N–H and O–H groups in total. The van der Waals surface area contributed by atoms with Crippen molar-refractivity contribution in [2.24, 2.45) is 0 Å². The van der Waals surface area contributed by atoms with Gasteiger partial charge in [0.25, 0.3) is 0 Å². The largest absolute Gasteiger partial charge is 0.257 e. The summed E-state index contributed by atoms with van der Waals surface area (Å²) < 4.78 is 37.4. The standard InChI is InChI=1S/C8H8FN3O2S/c9-6-7-8(2-1-4-11-7)15(13,14)12-5-3-10/h1-2,4,12H,5-6H2. The molecule has 1 rings (SSSR count). The second kappa shape index (κ2) is 4.82. The number of pyridine rings is 1. The molecule has 0 spiro atoms. The Balaban J connectivity index is 3.10. The fourth-order valence-corrected chi connectivity index (χ4v) is 2.06. The van der Waals surface area contributed by atoms with Gasteiger partial charge in [0.15, 0.2) is 0 Å². The molecule has 0 aromatic carbocycles. The SMILES string of the molecule is N#CCNS(=O)(=O)c1cccnc1CF. The predicted octanol–water partition coefficient (Wildman–Crippen LogP) is 0.353. The van der Waals surface area contributed by atoms with E-state index in [1.54, 1.807) is 6.07 Å². The van der Waals surface area contributed by atoms with Crippen molar-refractivity contribution in [3.05, 3.63) is 24.0 Å². The molecule has 0 saturated heterocycles. The number of alkyl halides is 1. The predicted molar refractivity (Wildman–Crippen MR) is 49.9 cm³/mol. The van der Waals surface area contributed by atoms with Crippen LogP contribution in [0.1, 0.15) is 5.69 Å². The lowest BCUT2D eigenvalue weighted by molar-refractivity contribution is 0.467. The maximum atomic E-state index is 12.4. The topological polar surface area (TPSA) is 82.9 Å². The molecule has 1 aromatic heterocycles. The van der Waals surface area contributed by atoms with E-state index in [4.69, 9.17) is 5.26 Å². The van der Waals surface area contributed by atoms with Gasteiger partial charge in [0.1, 0.15) is 11.6 Å². The third-order valence-electron chi connectivity index (χ3n) is 1.61. The lowest BCUT2D eigenvalue weighted by Crippen LogP contribution is -2.25. The number of hydrogen-bond acceptors (Lipinski definition) is 4. The number of aromatic nitrogens is 1. The van der Waals surface area contributed by atoms with E-state index in [1.807, 2.05) is 4.72 Å². The van der Waals surface area contributed by atoms with Crippen molar-refractivity contribution in [1.29, 1.82) is 5.26 Å². The highest BCUT2D eigenvalue weighted by atomic mass is 32.2. The highest BCUT2D eigenvalue weighted by Gasteiger charge is 2.18. The quantitative estimate of drug-likeness (QED) is 0.755. The molecule has 0 bridgehead atoms. The van der Waals surface area contributed by atoms with Gasteiger partial charge in [-0.2, -0.15) is 9.98 Å². The normalized spacial score (nSPS) is 10.9. The van der Waals surface area contributed by atoms with Crippen LogP contribution in [0.25, 0.3) is 0 Å². The number of halogens is 1. The van der Waals surface area contributed by atoms with Crippen molar-refractivity contribution in [2.75, 3.05) is 6.54 Å². The van der Waals surface area contributed by atoms with Crippen molar-refractivity contribution in [3.63, 3.8) is 0 Å². The molecular weight excluding hydrogens is 221 g/mol. The molecule has 0 amide bonds. The van der Waals surface area contributed by atoms with Crippen LogP contribution in [0.5, 0.6) is 0 Å². The Hall–Kier alpha value is -1.52. The summed E-state index contributed by atoms with van der Waals surface area (Å²) in [5, 5.41) is 8.24. The van der Waals surface area contributed by atoms with E-state index < -0.39 is 16.7 Å². The van der Waals surface area contributed by atoms with Crippen molar-refractivity contribution >= 4 is 10.0 Å². The minimum Gasteiger partial charge on any atom is -0.257 e. The number of rotatable bonds is 4. The maximum Gasteiger partial charge on any atom is 0.243 e. The fraction of sp³-hybridized carbons (Fsp3) is 0.250. The highest BCUT2D eigenvalue weighted by Crippen LogP contribution is 2.13. The van der Waals surface area contributed by atoms with E-state index in [9.17, 15) is 12.8 Å². The summed E-state index contributed by atoms with van der Waals surface area (Å²) in [5.41, 5.74) is -0.164. The summed E-state index contributed by atoms with van der Waals surface area (Å²) in [5.74, 6) is 0. The van der Waals surface area contributed by atoms with Crippen LogP contribution in [-0.2, 0) is 16.7 Å². The van der Waals surface area contributed by atoms with Gasteiger partial charge >= 0.3 is 0 Å². The van der Waals surface area contributed by atoms with Crippen LogP contribution < -0.4 is 4.72 Å². The molecule has 15 heavy (non-hydrogen) atoms. The summed E-state index contributed by atoms with van der Waals surface area (Å²) in [6.45, 7) is -1.33. The van der Waals surface area contributed by atoms with Crippen LogP contribution in [0.15, 0.2) is 23.2 Å². The summed E-state index contributed by atoms with van der Waals surface area (Å²) in [6.07, 6.45) is 1.30. The fourth-order valence-electron chi connectivity index (χ4n) is 0.973. The van der Waals surface area contributed by atoms with Crippen molar-refractivity contribution < 1.29 is 12.8 Å². The smallest absolute Gasteiger partial charge is 0.243 e. The molecule has 0 radical (unpaired) electrons. The average Bonchev–Trinajstić information content (AvgIpc) is 2.26. The molecular formula is C8H8FN3O2S. The zero-order chi connectivity index (χ0) is 11.3. The van der Waals surface area contributed by atoms with E-state index in [-0.39, 0.29) is 17.1 Å². The van der Waals surface area contributed by atoms with Gasteiger partial charge in [0.05, 0.1) is 18.3 Å². The van der Waals surface area contributed by atoms with Gasteiger partial charge in [-0.1, -0.05) is 0 Å². The van der Waals surface area contributed by atoms with E-state index in [2.05, 4.69) is 4.98 Å². The second-order valence-corrected chi connectivity index (χ2v) is 4.30. The number of hydrogen-bond donors (Lipinski definition) is 1. The van der Waals surface area contributed by atoms with Crippen LogP contribution in [-0.4, -0.2) is 19.9 Å². The van der Waals surface area contributed by atoms with Crippen LogP contribution in [0.4, 0.5) is 4.39 Å². The maximum absolute atomic E-state index is 12.4. The van der Waals surface area contributed by atoms with E-state index in [1.165, 1.54) is 18.3 Å². The third kappa shape index (κ3) is 2.71. The minimum absolute atomic E-state index is 0.164. The molecule has 0 aliphatic rings. The Morgan fingerprint density at radius 2 is 2.33 bits per heavy atom. The first-order chi connectivity index (χ1) is 7.11. The second-order valence-electron chi connectivity index (χ2n) is 2.56. The first-order valence-corrected chi connectivity index (χ1v) is 5.46. The van der Waals surface area contributed by atoms with E-state index in [0.717, 1.165) is 0 Å². The first-order valence-electron chi connectivity index (χ1n) is 3.98. The average molecular weight is 229 g/mol. The molecule has 1 aromatic rings. The van der Waals surface area contributed by atoms with Gasteiger partial charge in [-0.05, 0) is 12.1 Å². The van der Waals surface area contributed by atoms with Crippen LogP contribution >= 0.6 is 0 Å². The molecule has 1 heterocycles. The van der Waals surface area contributed by atoms with E-state index in [0.29, 0.717) is 0 Å². The van der Waals surface area contributed by atoms with Gasteiger partial charge < -0.3 is 0 Å². The van der Waals surface area contributed by atoms with E-state index >= 15 is 0 Å². The number of nitrogens with zero attached hydrogens (tertiary/aromatic N) is 2. The molecule has 0 atom stereocenters. The molecule has 0 fully saturated rings. The van der Waals surface area contributed by atoms with Crippen molar-refractivity contribution in [2.45, 2.75) is 11.6 Å². The molecule has 80 valence electrons. The zero-order valence-electron chi connectivity index (χ0n) is 7.64. The number of nitriles is 1. The van der Waals surface area contributed by atoms with Gasteiger partial charge in [0.2, 0.25) is 10.0 Å². The summed E-state index contributed by atoms with van der Waals surface area (Å²) in [4.78, 5) is 3.36. The number of nitrogens with one attached hydrogen (secondary N) is 1. The Morgan fingerprint density at radius 1 is 1.60 bits per heavy atom. The van der Waals surface area contributed by atoms with Gasteiger partial charge in [0, 0.05) is 6.20 Å². The monoisotopic (exact) mass is 229 g/mol. The van der Waals surface area contributed by atoms with Crippen molar-refractivity contribution in [1.82, 2.24) is 9.71 Å². The molecule has 0 aliphatic carbocycles. The molecule has 0 unspecified atom stereocenters. The Labute approximate surface area is 86.6 Å². The van der Waals surface area contributed by atoms with Gasteiger partial charge in [-0.25, -0.2) is 12.8 Å². The summed E-state index contributed by atoms with van der Waals surface area (Å²) in [6, 6.07) is 4.25. The van der Waals surface area contributed by atoms with Crippen molar-refractivity contribution in [3.8, 4) is 6.07 Å². The molecule has 5 nitrogen and oxygen atoms in total. The Bertz CT molecular complexity index is 481.